The molecule has 1 saturated heterocycles. The fourth-order valence-corrected chi connectivity index (χ4v) is 1.95. The van der Waals surface area contributed by atoms with Crippen LogP contribution in [0.3, 0.4) is 0 Å². The molecular weight excluding hydrogens is 270 g/mol. The van der Waals surface area contributed by atoms with Gasteiger partial charge in [-0.05, 0) is 0 Å². The lowest BCUT2D eigenvalue weighted by molar-refractivity contribution is -0.0549. The first-order valence-corrected chi connectivity index (χ1v) is 5.65. The van der Waals surface area contributed by atoms with E-state index in [2.05, 4.69) is 10.9 Å². The summed E-state index contributed by atoms with van der Waals surface area (Å²) in [6, 6.07) is 0. The van der Waals surface area contributed by atoms with Crippen LogP contribution >= 0.6 is 0 Å². The number of hydrogen-bond acceptors (Lipinski definition) is 8. The lowest BCUT2D eigenvalue weighted by Crippen LogP contribution is -2.36. The van der Waals surface area contributed by atoms with Crippen LogP contribution < -0.4 is 11.2 Å². The van der Waals surface area contributed by atoms with Gasteiger partial charge in [-0.25, -0.2) is 4.79 Å². The molecule has 2 rings (SSSR count). The van der Waals surface area contributed by atoms with Crippen LogP contribution in [-0.4, -0.2) is 55.0 Å². The second-order valence-corrected chi connectivity index (χ2v) is 4.18. The van der Waals surface area contributed by atoms with Crippen molar-refractivity contribution < 1.29 is 25.3 Å². The van der Waals surface area contributed by atoms with Crippen LogP contribution in [0.25, 0.3) is 0 Å². The molecule has 5 N–H and O–H groups in total. The third-order valence-electron chi connectivity index (χ3n) is 3.00. The van der Waals surface area contributed by atoms with E-state index in [4.69, 9.17) is 21.5 Å². The quantitative estimate of drug-likeness (QED) is 0.307. The standard InChI is InChI=1S/C11H13N3O6/c1-2-5-3-14(11(18)12-9(5)13-19)10-8(17)7(16)6(4-15)20-10/h1,3,6-8,10,15-17,19H,4H2,(H,12,13,18). The highest BCUT2D eigenvalue weighted by Gasteiger charge is 2.43. The van der Waals surface area contributed by atoms with Crippen molar-refractivity contribution in [3.63, 3.8) is 0 Å². The highest BCUT2D eigenvalue weighted by Crippen LogP contribution is 2.28. The molecule has 1 aromatic heterocycles. The van der Waals surface area contributed by atoms with E-state index in [-0.39, 0.29) is 11.4 Å². The molecule has 0 bridgehead atoms. The smallest absolute Gasteiger partial charge is 0.351 e. The molecule has 4 unspecified atom stereocenters. The van der Waals surface area contributed by atoms with E-state index in [9.17, 15) is 15.0 Å². The molecule has 1 aromatic rings. The second-order valence-electron chi connectivity index (χ2n) is 4.18. The minimum Gasteiger partial charge on any atom is -0.394 e. The van der Waals surface area contributed by atoms with Gasteiger partial charge in [0.1, 0.15) is 18.3 Å². The van der Waals surface area contributed by atoms with Gasteiger partial charge >= 0.3 is 5.69 Å². The first kappa shape index (κ1) is 14.4. The van der Waals surface area contributed by atoms with Crippen LogP contribution in [0.15, 0.2) is 11.0 Å². The molecule has 0 radical (unpaired) electrons. The van der Waals surface area contributed by atoms with Gasteiger partial charge in [-0.3, -0.25) is 15.3 Å². The SMILES string of the molecule is C#Cc1cn(C2OC(CO)C(O)C2O)c(=O)nc1NO. The third-order valence-corrected chi connectivity index (χ3v) is 3.00. The molecule has 1 aliphatic heterocycles. The van der Waals surface area contributed by atoms with Gasteiger partial charge in [-0.2, -0.15) is 4.98 Å². The number of nitrogens with one attached hydrogen (secondary N) is 1. The Morgan fingerprint density at radius 2 is 2.20 bits per heavy atom. The summed E-state index contributed by atoms with van der Waals surface area (Å²) in [4.78, 5) is 15.3. The van der Waals surface area contributed by atoms with E-state index >= 15 is 0 Å². The summed E-state index contributed by atoms with van der Waals surface area (Å²) in [5.41, 5.74) is 0.894. The van der Waals surface area contributed by atoms with Crippen LogP contribution in [0.2, 0.25) is 0 Å². The number of ether oxygens (including phenoxy) is 1. The Kier molecular flexibility index (Phi) is 4.03. The number of hydrogen-bond donors (Lipinski definition) is 5. The van der Waals surface area contributed by atoms with Crippen molar-refractivity contribution >= 4 is 5.82 Å². The topological polar surface area (TPSA) is 137 Å². The van der Waals surface area contributed by atoms with Crippen LogP contribution in [-0.2, 0) is 4.74 Å². The Bertz CT molecular complexity index is 595. The van der Waals surface area contributed by atoms with Crippen LogP contribution in [0, 0.1) is 12.3 Å². The van der Waals surface area contributed by atoms with Crippen LogP contribution in [0.4, 0.5) is 5.82 Å². The first-order valence-electron chi connectivity index (χ1n) is 5.65. The molecule has 0 aliphatic carbocycles. The number of nitrogens with zero attached hydrogens (tertiary/aromatic N) is 2. The molecule has 0 amide bonds. The zero-order chi connectivity index (χ0) is 14.9. The van der Waals surface area contributed by atoms with E-state index in [1.807, 2.05) is 0 Å². The van der Waals surface area contributed by atoms with E-state index in [0.29, 0.717) is 0 Å². The van der Waals surface area contributed by atoms with Crippen molar-refractivity contribution in [3.05, 3.63) is 22.2 Å². The monoisotopic (exact) mass is 283 g/mol. The van der Waals surface area contributed by atoms with E-state index < -0.39 is 36.8 Å². The van der Waals surface area contributed by atoms with Gasteiger partial charge in [0.05, 0.1) is 12.2 Å². The number of rotatable bonds is 3. The average molecular weight is 283 g/mol. The van der Waals surface area contributed by atoms with E-state index in [1.54, 1.807) is 5.48 Å². The molecular formula is C11H13N3O6. The lowest BCUT2D eigenvalue weighted by atomic mass is 10.1. The van der Waals surface area contributed by atoms with Crippen molar-refractivity contribution in [1.82, 2.24) is 9.55 Å². The summed E-state index contributed by atoms with van der Waals surface area (Å²) in [7, 11) is 0. The summed E-state index contributed by atoms with van der Waals surface area (Å²) in [6.07, 6.45) is 1.33. The molecule has 9 heteroatoms. The van der Waals surface area contributed by atoms with Crippen molar-refractivity contribution in [2.45, 2.75) is 24.5 Å². The highest BCUT2D eigenvalue weighted by molar-refractivity contribution is 5.49. The Morgan fingerprint density at radius 3 is 2.70 bits per heavy atom. The van der Waals surface area contributed by atoms with Gasteiger partial charge in [-0.1, -0.05) is 5.92 Å². The van der Waals surface area contributed by atoms with Crippen LogP contribution in [0.5, 0.6) is 0 Å². The van der Waals surface area contributed by atoms with Gasteiger partial charge < -0.3 is 20.1 Å². The Balaban J connectivity index is 2.44. The normalized spacial score (nSPS) is 29.1. The molecule has 0 spiro atoms. The van der Waals surface area contributed by atoms with Crippen molar-refractivity contribution in [2.24, 2.45) is 0 Å². The Labute approximate surface area is 113 Å². The molecule has 108 valence electrons. The summed E-state index contributed by atoms with van der Waals surface area (Å²) < 4.78 is 6.08. The Morgan fingerprint density at radius 1 is 1.50 bits per heavy atom. The minimum absolute atomic E-state index is 0.0600. The Hall–Kier alpha value is -1.96. The first-order chi connectivity index (χ1) is 9.53. The predicted molar refractivity (Wildman–Crippen MR) is 64.9 cm³/mol. The highest BCUT2D eigenvalue weighted by atomic mass is 16.6. The fraction of sp³-hybridized carbons (Fsp3) is 0.455. The number of terminal acetylenes is 1. The fourth-order valence-electron chi connectivity index (χ4n) is 1.95. The van der Waals surface area contributed by atoms with Gasteiger partial charge in [-0.15, -0.1) is 6.42 Å². The number of anilines is 1. The third kappa shape index (κ3) is 2.26. The number of aliphatic hydroxyl groups excluding tert-OH is 3. The summed E-state index contributed by atoms with van der Waals surface area (Å²) in [5, 5.41) is 37.3. The summed E-state index contributed by atoms with van der Waals surface area (Å²) >= 11 is 0. The minimum atomic E-state index is -1.43. The predicted octanol–water partition coefficient (Wildman–Crippen LogP) is -2.36. The average Bonchev–Trinajstić information content (AvgIpc) is 2.74. The molecule has 9 nitrogen and oxygen atoms in total. The maximum absolute atomic E-state index is 11.8. The molecule has 1 aliphatic rings. The summed E-state index contributed by atoms with van der Waals surface area (Å²) in [5.74, 6) is 1.99. The zero-order valence-corrected chi connectivity index (χ0v) is 10.2. The summed E-state index contributed by atoms with van der Waals surface area (Å²) in [6.45, 7) is -0.519. The van der Waals surface area contributed by atoms with Crippen LogP contribution in [0.1, 0.15) is 11.8 Å². The van der Waals surface area contributed by atoms with Gasteiger partial charge in [0.25, 0.3) is 0 Å². The number of aromatic nitrogens is 2. The van der Waals surface area contributed by atoms with E-state index in [1.165, 1.54) is 0 Å². The molecule has 2 heterocycles. The molecule has 20 heavy (non-hydrogen) atoms. The maximum atomic E-state index is 11.8. The lowest BCUT2D eigenvalue weighted by Gasteiger charge is -2.17. The van der Waals surface area contributed by atoms with Crippen molar-refractivity contribution in [2.75, 3.05) is 12.1 Å². The van der Waals surface area contributed by atoms with Gasteiger partial charge in [0, 0.05) is 6.20 Å². The second kappa shape index (κ2) is 5.58. The maximum Gasteiger partial charge on any atom is 0.351 e. The van der Waals surface area contributed by atoms with Crippen molar-refractivity contribution in [3.8, 4) is 12.3 Å². The van der Waals surface area contributed by atoms with E-state index in [0.717, 1.165) is 10.8 Å². The van der Waals surface area contributed by atoms with Gasteiger partial charge in [0.15, 0.2) is 12.0 Å². The number of aliphatic hydroxyl groups is 3. The molecule has 0 saturated carbocycles. The molecule has 4 atom stereocenters. The largest absolute Gasteiger partial charge is 0.394 e. The molecule has 1 fully saturated rings. The zero-order valence-electron chi connectivity index (χ0n) is 10.2. The van der Waals surface area contributed by atoms with Gasteiger partial charge in [0.2, 0.25) is 0 Å². The van der Waals surface area contributed by atoms with Crippen molar-refractivity contribution in [1.29, 1.82) is 0 Å². The molecule has 0 aromatic carbocycles.